The van der Waals surface area contributed by atoms with Crippen molar-refractivity contribution in [3.8, 4) is 0 Å². The van der Waals surface area contributed by atoms with Crippen LogP contribution in [0.4, 0.5) is 5.69 Å². The van der Waals surface area contributed by atoms with Gasteiger partial charge < -0.3 is 4.90 Å². The molecule has 0 bridgehead atoms. The maximum Gasteiger partial charge on any atom is 0.0466 e. The quantitative estimate of drug-likeness (QED) is 0.557. The van der Waals surface area contributed by atoms with Crippen LogP contribution in [-0.2, 0) is 0 Å². The molecule has 0 aliphatic carbocycles. The summed E-state index contributed by atoms with van der Waals surface area (Å²) in [7, 11) is 0. The van der Waals surface area contributed by atoms with E-state index in [0.717, 1.165) is 13.0 Å². The molecule has 0 N–H and O–H groups in total. The van der Waals surface area contributed by atoms with Gasteiger partial charge in [-0.3, -0.25) is 0 Å². The molecule has 2 aromatic carbocycles. The molecular formula is C26H31N. The van der Waals surface area contributed by atoms with E-state index in [9.17, 15) is 0 Å². The molecule has 27 heavy (non-hydrogen) atoms. The number of hydrogen-bond acceptors (Lipinski definition) is 1. The molecule has 140 valence electrons. The highest BCUT2D eigenvalue weighted by molar-refractivity contribution is 5.79. The molecule has 2 aromatic rings. The highest BCUT2D eigenvalue weighted by Gasteiger charge is 2.20. The highest BCUT2D eigenvalue weighted by atomic mass is 15.1. The van der Waals surface area contributed by atoms with Crippen molar-refractivity contribution >= 4 is 23.4 Å². The van der Waals surface area contributed by atoms with Crippen molar-refractivity contribution in [3.63, 3.8) is 0 Å². The van der Waals surface area contributed by atoms with Gasteiger partial charge in [0.05, 0.1) is 0 Å². The molecule has 0 radical (unpaired) electrons. The predicted molar refractivity (Wildman–Crippen MR) is 121 cm³/mol. The molecular weight excluding hydrogens is 326 g/mol. The lowest BCUT2D eigenvalue weighted by atomic mass is 9.93. The third-order valence-corrected chi connectivity index (χ3v) is 5.33. The molecule has 0 saturated carbocycles. The maximum absolute atomic E-state index is 2.44. The summed E-state index contributed by atoms with van der Waals surface area (Å²) in [6.45, 7) is 14.1. The molecule has 1 heterocycles. The zero-order valence-electron chi connectivity index (χ0n) is 17.6. The summed E-state index contributed by atoms with van der Waals surface area (Å²) in [5, 5.41) is 0. The smallest absolute Gasteiger partial charge is 0.0466 e. The Kier molecular flexibility index (Phi) is 5.70. The topological polar surface area (TPSA) is 3.24 Å². The Morgan fingerprint density at radius 3 is 1.70 bits per heavy atom. The summed E-state index contributed by atoms with van der Waals surface area (Å²) in [4.78, 5) is 2.44. The minimum Gasteiger partial charge on any atom is -0.347 e. The van der Waals surface area contributed by atoms with Crippen LogP contribution in [0.3, 0.4) is 0 Å². The number of benzene rings is 2. The van der Waals surface area contributed by atoms with Crippen molar-refractivity contribution in [3.05, 3.63) is 81.6 Å². The second kappa shape index (κ2) is 8.00. The van der Waals surface area contributed by atoms with E-state index in [-0.39, 0.29) is 0 Å². The second-order valence-corrected chi connectivity index (χ2v) is 7.63. The first-order chi connectivity index (χ1) is 12.9. The monoisotopic (exact) mass is 357 g/mol. The maximum atomic E-state index is 2.44. The number of rotatable bonds is 4. The van der Waals surface area contributed by atoms with Gasteiger partial charge in [0.1, 0.15) is 0 Å². The van der Waals surface area contributed by atoms with Crippen LogP contribution >= 0.6 is 0 Å². The third kappa shape index (κ3) is 3.93. The minimum atomic E-state index is 1.05. The first-order valence-electron chi connectivity index (χ1n) is 9.90. The van der Waals surface area contributed by atoms with Crippen molar-refractivity contribution in [1.29, 1.82) is 0 Å². The number of aryl methyl sites for hydroxylation is 4. The number of nitrogens with zero attached hydrogens (tertiary/aromatic N) is 1. The Balaban J connectivity index is 1.99. The molecule has 0 unspecified atom stereocenters. The van der Waals surface area contributed by atoms with Crippen LogP contribution in [0.25, 0.3) is 17.7 Å². The van der Waals surface area contributed by atoms with Crippen LogP contribution in [-0.4, -0.2) is 6.54 Å². The van der Waals surface area contributed by atoms with Gasteiger partial charge in [-0.1, -0.05) is 36.4 Å². The predicted octanol–water partition coefficient (Wildman–Crippen LogP) is 7.24. The first-order valence-corrected chi connectivity index (χ1v) is 9.90. The van der Waals surface area contributed by atoms with E-state index in [1.54, 1.807) is 0 Å². The van der Waals surface area contributed by atoms with Crippen molar-refractivity contribution < 1.29 is 0 Å². The van der Waals surface area contributed by atoms with E-state index in [2.05, 4.69) is 101 Å². The Bertz CT molecular complexity index is 895. The van der Waals surface area contributed by atoms with Crippen LogP contribution in [0.1, 0.15) is 59.2 Å². The molecule has 1 aliphatic rings. The summed E-state index contributed by atoms with van der Waals surface area (Å²) < 4.78 is 0. The summed E-state index contributed by atoms with van der Waals surface area (Å²) in [5.74, 6) is 0. The second-order valence-electron chi connectivity index (χ2n) is 7.63. The van der Waals surface area contributed by atoms with Crippen LogP contribution in [0.5, 0.6) is 0 Å². The van der Waals surface area contributed by atoms with E-state index in [4.69, 9.17) is 0 Å². The normalized spacial score (nSPS) is 14.6. The average Bonchev–Trinajstić information content (AvgIpc) is 3.03. The molecule has 0 atom stereocenters. The van der Waals surface area contributed by atoms with Crippen LogP contribution in [0.15, 0.2) is 42.6 Å². The van der Waals surface area contributed by atoms with E-state index in [0.29, 0.717) is 0 Å². The van der Waals surface area contributed by atoms with Crippen LogP contribution < -0.4 is 4.90 Å². The lowest BCUT2D eigenvalue weighted by molar-refractivity contribution is 0.989. The number of anilines is 1. The molecule has 1 nitrogen and oxygen atoms in total. The van der Waals surface area contributed by atoms with E-state index in [1.165, 1.54) is 50.2 Å². The van der Waals surface area contributed by atoms with Gasteiger partial charge in [-0.15, -0.1) is 0 Å². The molecule has 1 aliphatic heterocycles. The Hall–Kier alpha value is -2.54. The fraction of sp³-hybridized carbons (Fsp3) is 0.308. The van der Waals surface area contributed by atoms with E-state index < -0.39 is 0 Å². The Morgan fingerprint density at radius 2 is 1.22 bits per heavy atom. The van der Waals surface area contributed by atoms with Gasteiger partial charge in [0.2, 0.25) is 0 Å². The van der Waals surface area contributed by atoms with E-state index in [1.807, 2.05) is 0 Å². The molecule has 1 heteroatoms. The lowest BCUT2D eigenvalue weighted by Gasteiger charge is -2.21. The number of hydrogen-bond donors (Lipinski definition) is 0. The summed E-state index contributed by atoms with van der Waals surface area (Å²) in [6.07, 6.45) is 12.0. The number of allylic oxidation sites excluding steroid dienone is 2. The summed E-state index contributed by atoms with van der Waals surface area (Å²) in [6, 6.07) is 9.18. The van der Waals surface area contributed by atoms with Crippen molar-refractivity contribution in [2.75, 3.05) is 11.4 Å². The minimum absolute atomic E-state index is 1.05. The van der Waals surface area contributed by atoms with Gasteiger partial charge in [-0.2, -0.15) is 0 Å². The van der Waals surface area contributed by atoms with Gasteiger partial charge >= 0.3 is 0 Å². The molecule has 0 amide bonds. The van der Waals surface area contributed by atoms with Crippen molar-refractivity contribution in [2.45, 2.75) is 48.0 Å². The van der Waals surface area contributed by atoms with Crippen LogP contribution in [0, 0.1) is 27.7 Å². The van der Waals surface area contributed by atoms with Crippen LogP contribution in [0.2, 0.25) is 0 Å². The van der Waals surface area contributed by atoms with Gasteiger partial charge in [0.15, 0.2) is 0 Å². The SMILES string of the molecule is C/C=C/c1cc(C)c(C2=CN(c3c(C)cc(/C=C/C)cc3C)CC2)c(C)c1. The summed E-state index contributed by atoms with van der Waals surface area (Å²) in [5.41, 5.74) is 12.2. The first kappa shape index (κ1) is 19.2. The third-order valence-electron chi connectivity index (χ3n) is 5.33. The fourth-order valence-corrected chi connectivity index (χ4v) is 4.45. The standard InChI is InChI=1S/C26H31N/c1-7-9-22-13-18(3)25(19(4)14-22)24-11-12-27(17-24)26-20(5)15-23(10-8-2)16-21(26)6/h7-10,13-17H,11-12H2,1-6H3/b9-7+,10-8+. The van der Waals surface area contributed by atoms with Gasteiger partial charge in [-0.05, 0) is 105 Å². The molecule has 3 rings (SSSR count). The molecule has 0 saturated heterocycles. The zero-order chi connectivity index (χ0) is 19.6. The molecule has 0 spiro atoms. The van der Waals surface area contributed by atoms with Crippen molar-refractivity contribution in [1.82, 2.24) is 0 Å². The molecule has 0 fully saturated rings. The average molecular weight is 358 g/mol. The van der Waals surface area contributed by atoms with Gasteiger partial charge in [0, 0.05) is 18.4 Å². The largest absolute Gasteiger partial charge is 0.347 e. The Morgan fingerprint density at radius 1 is 0.741 bits per heavy atom. The fourth-order valence-electron chi connectivity index (χ4n) is 4.45. The van der Waals surface area contributed by atoms with Gasteiger partial charge in [-0.25, -0.2) is 0 Å². The zero-order valence-corrected chi connectivity index (χ0v) is 17.6. The molecule has 0 aromatic heterocycles. The highest BCUT2D eigenvalue weighted by Crippen LogP contribution is 2.36. The van der Waals surface area contributed by atoms with Gasteiger partial charge in [0.25, 0.3) is 0 Å². The van der Waals surface area contributed by atoms with E-state index >= 15 is 0 Å². The Labute approximate surface area is 164 Å². The van der Waals surface area contributed by atoms with Crippen molar-refractivity contribution in [2.24, 2.45) is 0 Å². The summed E-state index contributed by atoms with van der Waals surface area (Å²) >= 11 is 0. The lowest BCUT2D eigenvalue weighted by Crippen LogP contribution is -2.15.